The largest absolute Gasteiger partial charge is 0.391 e. The van der Waals surface area contributed by atoms with Crippen molar-refractivity contribution >= 4 is 12.6 Å². The molecular weight excluding hydrogens is 199 g/mol. The average molecular weight is 213 g/mol. The summed E-state index contributed by atoms with van der Waals surface area (Å²) in [6, 6.07) is 0. The standard InChI is InChI=1S/C8H14F3NS/c1-6(13)12-4-2-7(3-5-12)8(9,10)11/h6-7,13H,2-5H2,1H3. The van der Waals surface area contributed by atoms with Gasteiger partial charge in [-0.3, -0.25) is 4.90 Å². The van der Waals surface area contributed by atoms with Gasteiger partial charge in [-0.2, -0.15) is 25.8 Å². The second kappa shape index (κ2) is 4.09. The van der Waals surface area contributed by atoms with E-state index >= 15 is 0 Å². The first-order chi connectivity index (χ1) is 5.91. The minimum atomic E-state index is -4.01. The lowest BCUT2D eigenvalue weighted by molar-refractivity contribution is -0.185. The number of hydrogen-bond acceptors (Lipinski definition) is 2. The fourth-order valence-corrected chi connectivity index (χ4v) is 1.83. The summed E-state index contributed by atoms with van der Waals surface area (Å²) in [6.45, 7) is 2.90. The molecule has 13 heavy (non-hydrogen) atoms. The van der Waals surface area contributed by atoms with E-state index in [-0.39, 0.29) is 18.2 Å². The van der Waals surface area contributed by atoms with E-state index in [1.54, 1.807) is 0 Å². The van der Waals surface area contributed by atoms with E-state index in [0.29, 0.717) is 13.1 Å². The van der Waals surface area contributed by atoms with Crippen molar-refractivity contribution in [2.24, 2.45) is 5.92 Å². The molecule has 1 unspecified atom stereocenters. The maximum atomic E-state index is 12.2. The Balaban J connectivity index is 2.39. The topological polar surface area (TPSA) is 3.24 Å². The molecule has 0 radical (unpaired) electrons. The predicted molar refractivity (Wildman–Crippen MR) is 48.8 cm³/mol. The van der Waals surface area contributed by atoms with Crippen LogP contribution in [0.25, 0.3) is 0 Å². The number of halogens is 3. The Bertz CT molecular complexity index is 161. The number of rotatable bonds is 1. The van der Waals surface area contributed by atoms with Crippen LogP contribution < -0.4 is 0 Å². The van der Waals surface area contributed by atoms with Crippen molar-refractivity contribution in [2.45, 2.75) is 31.3 Å². The first-order valence-electron chi connectivity index (χ1n) is 4.40. The molecule has 1 saturated heterocycles. The van der Waals surface area contributed by atoms with Gasteiger partial charge in [0, 0.05) is 5.37 Å². The maximum Gasteiger partial charge on any atom is 0.391 e. The van der Waals surface area contributed by atoms with E-state index in [1.807, 2.05) is 11.8 Å². The van der Waals surface area contributed by atoms with Crippen molar-refractivity contribution in [3.8, 4) is 0 Å². The summed E-state index contributed by atoms with van der Waals surface area (Å²) in [5.74, 6) is -1.10. The highest BCUT2D eigenvalue weighted by molar-refractivity contribution is 7.80. The van der Waals surface area contributed by atoms with E-state index < -0.39 is 12.1 Å². The zero-order valence-electron chi connectivity index (χ0n) is 7.51. The number of alkyl halides is 3. The van der Waals surface area contributed by atoms with Crippen molar-refractivity contribution in [3.63, 3.8) is 0 Å². The minimum Gasteiger partial charge on any atom is -0.292 e. The van der Waals surface area contributed by atoms with Crippen LogP contribution in [0.3, 0.4) is 0 Å². The lowest BCUT2D eigenvalue weighted by Gasteiger charge is -2.34. The number of likely N-dealkylation sites (tertiary alicyclic amines) is 1. The number of nitrogens with zero attached hydrogens (tertiary/aromatic N) is 1. The Morgan fingerprint density at radius 3 is 2.08 bits per heavy atom. The molecule has 1 atom stereocenters. The zero-order chi connectivity index (χ0) is 10.1. The van der Waals surface area contributed by atoms with Crippen LogP contribution in [0, 0.1) is 5.92 Å². The highest BCUT2D eigenvalue weighted by Crippen LogP contribution is 2.34. The van der Waals surface area contributed by atoms with Crippen molar-refractivity contribution in [3.05, 3.63) is 0 Å². The van der Waals surface area contributed by atoms with Gasteiger partial charge >= 0.3 is 6.18 Å². The molecule has 0 bridgehead atoms. The molecule has 0 saturated carbocycles. The molecule has 0 amide bonds. The second-order valence-corrected chi connectivity index (χ2v) is 4.23. The summed E-state index contributed by atoms with van der Waals surface area (Å²) in [5, 5.41) is 0.0641. The van der Waals surface area contributed by atoms with Gasteiger partial charge in [-0.25, -0.2) is 0 Å². The fourth-order valence-electron chi connectivity index (χ4n) is 1.60. The number of thiol groups is 1. The van der Waals surface area contributed by atoms with Crippen LogP contribution in [0.1, 0.15) is 19.8 Å². The van der Waals surface area contributed by atoms with Crippen molar-refractivity contribution in [1.29, 1.82) is 0 Å². The third kappa shape index (κ3) is 3.06. The van der Waals surface area contributed by atoms with E-state index in [1.165, 1.54) is 0 Å². The first-order valence-corrected chi connectivity index (χ1v) is 4.91. The van der Waals surface area contributed by atoms with Crippen LogP contribution in [0.5, 0.6) is 0 Å². The first kappa shape index (κ1) is 11.2. The van der Waals surface area contributed by atoms with Gasteiger partial charge in [0.2, 0.25) is 0 Å². The average Bonchev–Trinajstić information content (AvgIpc) is 2.03. The summed E-state index contributed by atoms with van der Waals surface area (Å²) in [5.41, 5.74) is 0. The second-order valence-electron chi connectivity index (χ2n) is 3.48. The Kier molecular flexibility index (Phi) is 3.51. The van der Waals surface area contributed by atoms with Gasteiger partial charge in [0.25, 0.3) is 0 Å². The molecule has 0 spiro atoms. The summed E-state index contributed by atoms with van der Waals surface area (Å²) in [4.78, 5) is 1.96. The lowest BCUT2D eigenvalue weighted by Crippen LogP contribution is -2.41. The Hall–Kier alpha value is 0.100. The highest BCUT2D eigenvalue weighted by atomic mass is 32.1. The van der Waals surface area contributed by atoms with E-state index in [9.17, 15) is 13.2 Å². The molecule has 0 aromatic carbocycles. The van der Waals surface area contributed by atoms with Gasteiger partial charge in [0.05, 0.1) is 5.92 Å². The molecule has 0 aromatic heterocycles. The Morgan fingerprint density at radius 2 is 1.77 bits per heavy atom. The molecule has 1 fully saturated rings. The molecular formula is C8H14F3NS. The fraction of sp³-hybridized carbons (Fsp3) is 1.00. The smallest absolute Gasteiger partial charge is 0.292 e. The third-order valence-corrected chi connectivity index (χ3v) is 2.85. The zero-order valence-corrected chi connectivity index (χ0v) is 8.41. The SMILES string of the molecule is CC(S)N1CCC(C(F)(F)F)CC1. The van der Waals surface area contributed by atoms with Crippen LogP contribution in [0.4, 0.5) is 13.2 Å². The van der Waals surface area contributed by atoms with Crippen LogP contribution in [0.15, 0.2) is 0 Å². The van der Waals surface area contributed by atoms with Gasteiger partial charge in [-0.1, -0.05) is 0 Å². The molecule has 1 nitrogen and oxygen atoms in total. The lowest BCUT2D eigenvalue weighted by atomic mass is 9.96. The highest BCUT2D eigenvalue weighted by Gasteiger charge is 2.41. The van der Waals surface area contributed by atoms with Crippen LogP contribution in [0.2, 0.25) is 0 Å². The molecule has 0 aliphatic carbocycles. The summed E-state index contributed by atoms with van der Waals surface area (Å²) in [6.07, 6.45) is -3.57. The van der Waals surface area contributed by atoms with Crippen molar-refractivity contribution in [1.82, 2.24) is 4.90 Å². The normalized spacial score (nSPS) is 24.7. The Morgan fingerprint density at radius 1 is 1.31 bits per heavy atom. The van der Waals surface area contributed by atoms with E-state index in [0.717, 1.165) is 0 Å². The van der Waals surface area contributed by atoms with Gasteiger partial charge in [-0.05, 0) is 32.9 Å². The molecule has 0 N–H and O–H groups in total. The van der Waals surface area contributed by atoms with Crippen LogP contribution in [-0.2, 0) is 0 Å². The summed E-state index contributed by atoms with van der Waals surface area (Å²) < 4.78 is 36.7. The van der Waals surface area contributed by atoms with E-state index in [4.69, 9.17) is 0 Å². The predicted octanol–water partition coefficient (Wildman–Crippen LogP) is 2.54. The molecule has 1 heterocycles. The van der Waals surface area contributed by atoms with Crippen LogP contribution >= 0.6 is 12.6 Å². The monoisotopic (exact) mass is 213 g/mol. The van der Waals surface area contributed by atoms with Gasteiger partial charge in [-0.15, -0.1) is 0 Å². The van der Waals surface area contributed by atoms with Crippen molar-refractivity contribution < 1.29 is 13.2 Å². The van der Waals surface area contributed by atoms with E-state index in [2.05, 4.69) is 12.6 Å². The quantitative estimate of drug-likeness (QED) is 0.655. The van der Waals surface area contributed by atoms with Gasteiger partial charge in [0.15, 0.2) is 0 Å². The Labute approximate surface area is 81.7 Å². The van der Waals surface area contributed by atoms with Gasteiger partial charge in [0.1, 0.15) is 0 Å². The minimum absolute atomic E-state index is 0.0641. The maximum absolute atomic E-state index is 12.2. The molecule has 78 valence electrons. The third-order valence-electron chi connectivity index (χ3n) is 2.52. The molecule has 1 rings (SSSR count). The molecule has 1 aliphatic heterocycles. The molecule has 0 aromatic rings. The van der Waals surface area contributed by atoms with Gasteiger partial charge < -0.3 is 0 Å². The number of hydrogen-bond donors (Lipinski definition) is 1. The van der Waals surface area contributed by atoms with Crippen molar-refractivity contribution in [2.75, 3.05) is 13.1 Å². The summed E-state index contributed by atoms with van der Waals surface area (Å²) >= 11 is 4.19. The molecule has 5 heteroatoms. The summed E-state index contributed by atoms with van der Waals surface area (Å²) in [7, 11) is 0. The number of piperidine rings is 1. The molecule has 1 aliphatic rings. The van der Waals surface area contributed by atoms with Crippen LogP contribution in [-0.4, -0.2) is 29.5 Å².